The van der Waals surface area contributed by atoms with E-state index in [0.29, 0.717) is 16.9 Å². The predicted octanol–water partition coefficient (Wildman–Crippen LogP) is 5.14. The molecule has 1 heterocycles. The number of hydrogen-bond acceptors (Lipinski definition) is 3. The molecule has 0 aliphatic rings. The molecular formula is C23H17NO2. The topological polar surface area (TPSA) is 39.2 Å². The highest BCUT2D eigenvalue weighted by atomic mass is 16.5. The number of ether oxygens (including phenoxy) is 1. The van der Waals surface area contributed by atoms with Crippen LogP contribution in [0.3, 0.4) is 0 Å². The number of para-hydroxylation sites is 2. The number of fused-ring (bicyclic) bond motifs is 1. The van der Waals surface area contributed by atoms with Crippen molar-refractivity contribution in [3.63, 3.8) is 0 Å². The molecule has 0 aliphatic heterocycles. The van der Waals surface area contributed by atoms with Crippen LogP contribution in [0, 0.1) is 0 Å². The number of carbonyl (C=O) groups excluding carboxylic acids is 1. The molecule has 126 valence electrons. The Balaban J connectivity index is 1.95. The van der Waals surface area contributed by atoms with Gasteiger partial charge in [-0.05, 0) is 24.3 Å². The van der Waals surface area contributed by atoms with Crippen molar-refractivity contribution in [2.24, 2.45) is 0 Å². The zero-order valence-electron chi connectivity index (χ0n) is 14.3. The van der Waals surface area contributed by atoms with Gasteiger partial charge < -0.3 is 4.74 Å². The SMILES string of the molecule is COc1ccccc1C(=O)c1cc(-c2ccccc2)nc2ccccc12. The van der Waals surface area contributed by atoms with E-state index in [1.807, 2.05) is 72.8 Å². The number of rotatable bonds is 4. The first-order chi connectivity index (χ1) is 12.8. The van der Waals surface area contributed by atoms with E-state index in [-0.39, 0.29) is 5.78 Å². The number of carbonyl (C=O) groups is 1. The largest absolute Gasteiger partial charge is 0.496 e. The van der Waals surface area contributed by atoms with Crippen molar-refractivity contribution in [2.45, 2.75) is 0 Å². The highest BCUT2D eigenvalue weighted by molar-refractivity contribution is 6.17. The zero-order valence-corrected chi connectivity index (χ0v) is 14.3. The normalized spacial score (nSPS) is 10.7. The Hall–Kier alpha value is -3.46. The van der Waals surface area contributed by atoms with Crippen LogP contribution in [0.25, 0.3) is 22.2 Å². The number of methoxy groups -OCH3 is 1. The summed E-state index contributed by atoms with van der Waals surface area (Å²) in [6, 6.07) is 26.8. The van der Waals surface area contributed by atoms with E-state index in [4.69, 9.17) is 9.72 Å². The summed E-state index contributed by atoms with van der Waals surface area (Å²) in [5.74, 6) is 0.498. The second-order valence-electron chi connectivity index (χ2n) is 5.97. The fraction of sp³-hybridized carbons (Fsp3) is 0.0435. The van der Waals surface area contributed by atoms with Crippen LogP contribution in [0.4, 0.5) is 0 Å². The highest BCUT2D eigenvalue weighted by Gasteiger charge is 2.18. The van der Waals surface area contributed by atoms with Gasteiger partial charge in [0.1, 0.15) is 5.75 Å². The number of hydrogen-bond donors (Lipinski definition) is 0. The van der Waals surface area contributed by atoms with E-state index in [0.717, 1.165) is 22.2 Å². The van der Waals surface area contributed by atoms with Crippen LogP contribution in [0.5, 0.6) is 5.75 Å². The van der Waals surface area contributed by atoms with E-state index in [9.17, 15) is 4.79 Å². The van der Waals surface area contributed by atoms with E-state index >= 15 is 0 Å². The Kier molecular flexibility index (Phi) is 4.20. The quantitative estimate of drug-likeness (QED) is 0.483. The molecule has 0 radical (unpaired) electrons. The molecule has 0 aliphatic carbocycles. The van der Waals surface area contributed by atoms with Crippen molar-refractivity contribution in [3.8, 4) is 17.0 Å². The van der Waals surface area contributed by atoms with Crippen LogP contribution in [0.15, 0.2) is 84.9 Å². The Morgan fingerprint density at radius 1 is 0.808 bits per heavy atom. The maximum absolute atomic E-state index is 13.3. The fourth-order valence-electron chi connectivity index (χ4n) is 3.10. The van der Waals surface area contributed by atoms with Crippen molar-refractivity contribution >= 4 is 16.7 Å². The predicted molar refractivity (Wildman–Crippen MR) is 104 cm³/mol. The maximum atomic E-state index is 13.3. The molecule has 4 aromatic rings. The van der Waals surface area contributed by atoms with Crippen molar-refractivity contribution in [1.29, 1.82) is 0 Å². The summed E-state index contributed by atoms with van der Waals surface area (Å²) in [6.45, 7) is 0. The molecule has 3 nitrogen and oxygen atoms in total. The minimum Gasteiger partial charge on any atom is -0.496 e. The summed E-state index contributed by atoms with van der Waals surface area (Å²) in [5, 5.41) is 0.836. The maximum Gasteiger partial charge on any atom is 0.197 e. The van der Waals surface area contributed by atoms with Gasteiger partial charge in [0.15, 0.2) is 5.78 Å². The molecule has 0 unspecified atom stereocenters. The minimum absolute atomic E-state index is 0.0711. The second kappa shape index (κ2) is 6.81. The zero-order chi connectivity index (χ0) is 17.9. The first-order valence-electron chi connectivity index (χ1n) is 8.41. The van der Waals surface area contributed by atoms with Crippen LogP contribution in [0.2, 0.25) is 0 Å². The van der Waals surface area contributed by atoms with Crippen molar-refractivity contribution in [1.82, 2.24) is 4.98 Å². The third-order valence-electron chi connectivity index (χ3n) is 4.38. The van der Waals surface area contributed by atoms with Gasteiger partial charge in [0.25, 0.3) is 0 Å². The fourth-order valence-corrected chi connectivity index (χ4v) is 3.10. The van der Waals surface area contributed by atoms with Crippen LogP contribution in [-0.2, 0) is 0 Å². The van der Waals surface area contributed by atoms with E-state index in [1.54, 1.807) is 19.2 Å². The summed E-state index contributed by atoms with van der Waals surface area (Å²) in [5.41, 5.74) is 3.73. The summed E-state index contributed by atoms with van der Waals surface area (Å²) in [6.07, 6.45) is 0. The summed E-state index contributed by atoms with van der Waals surface area (Å²) in [4.78, 5) is 18.1. The van der Waals surface area contributed by atoms with Gasteiger partial charge in [-0.1, -0.05) is 60.7 Å². The number of benzene rings is 3. The van der Waals surface area contributed by atoms with E-state index in [1.165, 1.54) is 0 Å². The highest BCUT2D eigenvalue weighted by Crippen LogP contribution is 2.29. The van der Waals surface area contributed by atoms with E-state index in [2.05, 4.69) is 0 Å². The van der Waals surface area contributed by atoms with Gasteiger partial charge in [0, 0.05) is 16.5 Å². The number of ketones is 1. The minimum atomic E-state index is -0.0711. The number of pyridine rings is 1. The molecule has 0 spiro atoms. The average Bonchev–Trinajstić information content (AvgIpc) is 2.73. The first kappa shape index (κ1) is 16.0. The lowest BCUT2D eigenvalue weighted by Gasteiger charge is -2.11. The van der Waals surface area contributed by atoms with Crippen molar-refractivity contribution < 1.29 is 9.53 Å². The van der Waals surface area contributed by atoms with Crippen LogP contribution in [-0.4, -0.2) is 17.9 Å². The van der Waals surface area contributed by atoms with Crippen LogP contribution >= 0.6 is 0 Å². The third-order valence-corrected chi connectivity index (χ3v) is 4.38. The van der Waals surface area contributed by atoms with Gasteiger partial charge in [0.2, 0.25) is 0 Å². The molecule has 3 heteroatoms. The molecule has 4 rings (SSSR count). The molecule has 0 bridgehead atoms. The van der Waals surface area contributed by atoms with Crippen LogP contribution in [0.1, 0.15) is 15.9 Å². The van der Waals surface area contributed by atoms with Gasteiger partial charge in [-0.3, -0.25) is 4.79 Å². The third kappa shape index (κ3) is 2.84. The monoisotopic (exact) mass is 339 g/mol. The molecular weight excluding hydrogens is 322 g/mol. The molecule has 3 aromatic carbocycles. The molecule has 0 N–H and O–H groups in total. The van der Waals surface area contributed by atoms with Gasteiger partial charge in [-0.15, -0.1) is 0 Å². The Morgan fingerprint density at radius 3 is 2.31 bits per heavy atom. The van der Waals surface area contributed by atoms with E-state index < -0.39 is 0 Å². The average molecular weight is 339 g/mol. The number of nitrogens with zero attached hydrogens (tertiary/aromatic N) is 1. The van der Waals surface area contributed by atoms with Gasteiger partial charge >= 0.3 is 0 Å². The lowest BCUT2D eigenvalue weighted by Crippen LogP contribution is -2.06. The first-order valence-corrected chi connectivity index (χ1v) is 8.41. The van der Waals surface area contributed by atoms with Gasteiger partial charge in [-0.2, -0.15) is 0 Å². The summed E-state index contributed by atoms with van der Waals surface area (Å²) < 4.78 is 5.38. The lowest BCUT2D eigenvalue weighted by atomic mass is 9.97. The van der Waals surface area contributed by atoms with Crippen molar-refractivity contribution in [3.05, 3.63) is 96.1 Å². The smallest absolute Gasteiger partial charge is 0.197 e. The van der Waals surface area contributed by atoms with Gasteiger partial charge in [-0.25, -0.2) is 4.98 Å². The molecule has 0 amide bonds. The molecule has 1 aromatic heterocycles. The lowest BCUT2D eigenvalue weighted by molar-refractivity contribution is 0.103. The van der Waals surface area contributed by atoms with Crippen molar-refractivity contribution in [2.75, 3.05) is 7.11 Å². The van der Waals surface area contributed by atoms with Crippen LogP contribution < -0.4 is 4.74 Å². The molecule has 26 heavy (non-hydrogen) atoms. The van der Waals surface area contributed by atoms with Gasteiger partial charge in [0.05, 0.1) is 23.9 Å². The molecule has 0 saturated carbocycles. The summed E-state index contributed by atoms with van der Waals surface area (Å²) >= 11 is 0. The standard InChI is InChI=1S/C23H17NO2/c1-26-22-14-8-6-12-18(22)23(25)19-15-21(16-9-3-2-4-10-16)24-20-13-7-5-11-17(19)20/h2-15H,1H3. The second-order valence-corrected chi connectivity index (χ2v) is 5.97. The number of aromatic nitrogens is 1. The molecule has 0 fully saturated rings. The molecule has 0 atom stereocenters. The molecule has 0 saturated heterocycles. The Morgan fingerprint density at radius 2 is 1.50 bits per heavy atom. The summed E-state index contributed by atoms with van der Waals surface area (Å²) in [7, 11) is 1.58. The Bertz CT molecular complexity index is 1090. The Labute approximate surface area is 151 Å².